The number of ether oxygens (including phenoxy) is 3. The van der Waals surface area contributed by atoms with Gasteiger partial charge in [-0.2, -0.15) is 0 Å². The van der Waals surface area contributed by atoms with Gasteiger partial charge in [0.25, 0.3) is 11.5 Å². The van der Waals surface area contributed by atoms with Crippen molar-refractivity contribution in [2.45, 2.75) is 44.3 Å². The molecular formula is C33H31N5O5. The SMILES string of the molecule is Cc1c(C(=O)Nc2ccc(Oc3ccnc4cc(OC[C@H]5CCC6(CC6)O5)ccc34)cn2)c(=O)n(-c2ccccc2)n1C. The van der Waals surface area contributed by atoms with Crippen molar-refractivity contribution in [3.63, 3.8) is 0 Å². The number of hydrogen-bond acceptors (Lipinski definition) is 7. The van der Waals surface area contributed by atoms with Crippen LogP contribution in [-0.2, 0) is 11.8 Å². The van der Waals surface area contributed by atoms with Gasteiger partial charge in [0, 0.05) is 24.7 Å². The Morgan fingerprint density at radius 3 is 2.60 bits per heavy atom. The molecule has 10 nitrogen and oxygen atoms in total. The van der Waals surface area contributed by atoms with E-state index in [0.29, 0.717) is 35.3 Å². The van der Waals surface area contributed by atoms with Gasteiger partial charge in [-0.25, -0.2) is 9.67 Å². The van der Waals surface area contributed by atoms with E-state index < -0.39 is 11.5 Å². The van der Waals surface area contributed by atoms with Crippen LogP contribution in [0.25, 0.3) is 16.6 Å². The van der Waals surface area contributed by atoms with Crippen molar-refractivity contribution in [1.29, 1.82) is 0 Å². The first-order valence-electron chi connectivity index (χ1n) is 14.4. The summed E-state index contributed by atoms with van der Waals surface area (Å²) in [6.07, 6.45) is 7.86. The maximum atomic E-state index is 13.2. The van der Waals surface area contributed by atoms with Crippen LogP contribution in [0.4, 0.5) is 5.82 Å². The minimum atomic E-state index is -0.529. The number of nitrogens with zero attached hydrogens (tertiary/aromatic N) is 4. The summed E-state index contributed by atoms with van der Waals surface area (Å²) in [7, 11) is 1.75. The van der Waals surface area contributed by atoms with Crippen molar-refractivity contribution >= 4 is 22.6 Å². The molecule has 2 aromatic carbocycles. The predicted octanol–water partition coefficient (Wildman–Crippen LogP) is 5.56. The zero-order valence-corrected chi connectivity index (χ0v) is 23.9. The standard InChI is InChI=1S/C33H31N5O5/c1-21-30(32(40)38(37(21)2)22-6-4-3-5-7-22)31(39)36-29-11-9-24(19-35-29)42-28-13-17-34-27-18-23(8-10-26(27)28)41-20-25-12-14-33(43-25)15-16-33/h3-11,13,17-19,25H,12,14-16,20H2,1-2H3,(H,35,36,39)/t25-/m1/s1. The maximum absolute atomic E-state index is 13.2. The van der Waals surface area contributed by atoms with Crippen LogP contribution in [0.1, 0.15) is 41.7 Å². The van der Waals surface area contributed by atoms with Crippen LogP contribution < -0.4 is 20.3 Å². The van der Waals surface area contributed by atoms with Crippen molar-refractivity contribution in [1.82, 2.24) is 19.3 Å². The van der Waals surface area contributed by atoms with Gasteiger partial charge >= 0.3 is 0 Å². The number of nitrogens with one attached hydrogen (secondary N) is 1. The maximum Gasteiger partial charge on any atom is 0.284 e. The van der Waals surface area contributed by atoms with E-state index >= 15 is 0 Å². The third-order valence-corrected chi connectivity index (χ3v) is 8.24. The highest BCUT2D eigenvalue weighted by molar-refractivity contribution is 6.04. The highest BCUT2D eigenvalue weighted by Crippen LogP contribution is 2.49. The largest absolute Gasteiger partial charge is 0.491 e. The van der Waals surface area contributed by atoms with E-state index in [1.54, 1.807) is 43.0 Å². The molecular weight excluding hydrogens is 546 g/mol. The molecule has 0 unspecified atom stereocenters. The number of benzene rings is 2. The zero-order valence-electron chi connectivity index (χ0n) is 23.9. The second kappa shape index (κ2) is 10.7. The molecule has 0 radical (unpaired) electrons. The van der Waals surface area contributed by atoms with Crippen LogP contribution in [0.15, 0.2) is 83.9 Å². The predicted molar refractivity (Wildman–Crippen MR) is 161 cm³/mol. The molecule has 1 aliphatic heterocycles. The summed E-state index contributed by atoms with van der Waals surface area (Å²) in [4.78, 5) is 35.1. The van der Waals surface area contributed by atoms with Gasteiger partial charge in [-0.15, -0.1) is 0 Å². The second-order valence-corrected chi connectivity index (χ2v) is 11.1. The van der Waals surface area contributed by atoms with E-state index in [2.05, 4.69) is 15.3 Å². The lowest BCUT2D eigenvalue weighted by Gasteiger charge is -2.14. The number of aromatic nitrogens is 4. The molecule has 43 heavy (non-hydrogen) atoms. The van der Waals surface area contributed by atoms with E-state index in [0.717, 1.165) is 29.5 Å². The monoisotopic (exact) mass is 577 g/mol. The molecule has 1 saturated carbocycles. The first kappa shape index (κ1) is 26.9. The summed E-state index contributed by atoms with van der Waals surface area (Å²) >= 11 is 0. The van der Waals surface area contributed by atoms with Crippen molar-refractivity contribution in [2.75, 3.05) is 11.9 Å². The Morgan fingerprint density at radius 1 is 1.05 bits per heavy atom. The average Bonchev–Trinajstić information content (AvgIpc) is 3.59. The molecule has 2 aliphatic rings. The van der Waals surface area contributed by atoms with Gasteiger partial charge in [0.05, 0.1) is 34.8 Å². The Morgan fingerprint density at radius 2 is 1.86 bits per heavy atom. The molecule has 2 fully saturated rings. The molecule has 10 heteroatoms. The normalized spacial score (nSPS) is 16.8. The highest BCUT2D eigenvalue weighted by atomic mass is 16.6. The number of amides is 1. The van der Waals surface area contributed by atoms with E-state index in [1.807, 2.05) is 48.5 Å². The third-order valence-electron chi connectivity index (χ3n) is 8.24. The van der Waals surface area contributed by atoms with E-state index in [1.165, 1.54) is 23.7 Å². The fourth-order valence-corrected chi connectivity index (χ4v) is 5.64. The second-order valence-electron chi connectivity index (χ2n) is 11.1. The topological polar surface area (TPSA) is 110 Å². The van der Waals surface area contributed by atoms with Gasteiger partial charge in [0.2, 0.25) is 0 Å². The van der Waals surface area contributed by atoms with Crippen molar-refractivity contribution in [3.05, 3.63) is 101 Å². The van der Waals surface area contributed by atoms with Crippen LogP contribution >= 0.6 is 0 Å². The molecule has 1 N–H and O–H groups in total. The van der Waals surface area contributed by atoms with E-state index in [4.69, 9.17) is 14.2 Å². The Balaban J connectivity index is 1.02. The fourth-order valence-electron chi connectivity index (χ4n) is 5.64. The van der Waals surface area contributed by atoms with Crippen molar-refractivity contribution < 1.29 is 19.0 Å². The van der Waals surface area contributed by atoms with Gasteiger partial charge in [-0.3, -0.25) is 19.3 Å². The molecule has 0 bridgehead atoms. The minimum absolute atomic E-state index is 0.0580. The van der Waals surface area contributed by atoms with Gasteiger partial charge in [0.15, 0.2) is 0 Å². The molecule has 5 aromatic rings. The van der Waals surface area contributed by atoms with Crippen LogP contribution in [0.5, 0.6) is 17.2 Å². The number of carbonyl (C=O) groups excluding carboxylic acids is 1. The first-order valence-corrected chi connectivity index (χ1v) is 14.4. The Hall–Kier alpha value is -4.96. The summed E-state index contributed by atoms with van der Waals surface area (Å²) in [5.74, 6) is 1.61. The molecule has 1 spiro atoms. The first-order chi connectivity index (χ1) is 20.9. The number of para-hydroxylation sites is 1. The van der Waals surface area contributed by atoms with Crippen LogP contribution in [-0.4, -0.2) is 43.6 Å². The molecule has 1 aliphatic carbocycles. The molecule has 3 aromatic heterocycles. The Labute approximate surface area is 247 Å². The van der Waals surface area contributed by atoms with Gasteiger partial charge in [-0.1, -0.05) is 18.2 Å². The molecule has 1 saturated heterocycles. The fraction of sp³-hybridized carbons (Fsp3) is 0.273. The molecule has 4 heterocycles. The summed E-state index contributed by atoms with van der Waals surface area (Å²) < 4.78 is 21.4. The van der Waals surface area contributed by atoms with Crippen LogP contribution in [0.3, 0.4) is 0 Å². The summed E-state index contributed by atoms with van der Waals surface area (Å²) in [6.45, 7) is 2.27. The number of carbonyl (C=O) groups is 1. The highest BCUT2D eigenvalue weighted by Gasteiger charge is 2.49. The number of hydrogen-bond donors (Lipinski definition) is 1. The molecule has 7 rings (SSSR count). The Kier molecular flexibility index (Phi) is 6.70. The lowest BCUT2D eigenvalue weighted by atomic mass is 10.2. The van der Waals surface area contributed by atoms with Gasteiger partial charge in [-0.05, 0) is 75.1 Å². The quantitative estimate of drug-likeness (QED) is 0.257. The summed E-state index contributed by atoms with van der Waals surface area (Å²) in [6, 6.07) is 20.1. The number of rotatable bonds is 8. The summed E-state index contributed by atoms with van der Waals surface area (Å²) in [5.41, 5.74) is 1.77. The number of anilines is 1. The van der Waals surface area contributed by atoms with Crippen LogP contribution in [0.2, 0.25) is 0 Å². The summed E-state index contributed by atoms with van der Waals surface area (Å²) in [5, 5.41) is 3.56. The average molecular weight is 578 g/mol. The lowest BCUT2D eigenvalue weighted by molar-refractivity contribution is 0.00383. The van der Waals surface area contributed by atoms with Crippen LogP contribution in [0, 0.1) is 6.92 Å². The zero-order chi connectivity index (χ0) is 29.6. The molecule has 1 atom stereocenters. The van der Waals surface area contributed by atoms with Crippen molar-refractivity contribution in [3.8, 4) is 22.9 Å². The van der Waals surface area contributed by atoms with Gasteiger partial charge in [0.1, 0.15) is 35.2 Å². The Bertz CT molecular complexity index is 1880. The minimum Gasteiger partial charge on any atom is -0.491 e. The van der Waals surface area contributed by atoms with Crippen molar-refractivity contribution in [2.24, 2.45) is 7.05 Å². The number of fused-ring (bicyclic) bond motifs is 1. The molecule has 1 amide bonds. The number of pyridine rings is 2. The van der Waals surface area contributed by atoms with E-state index in [-0.39, 0.29) is 17.3 Å². The third kappa shape index (κ3) is 5.25. The van der Waals surface area contributed by atoms with Gasteiger partial charge < -0.3 is 19.5 Å². The lowest BCUT2D eigenvalue weighted by Crippen LogP contribution is -2.25. The molecule has 218 valence electrons. The van der Waals surface area contributed by atoms with E-state index in [9.17, 15) is 9.59 Å². The smallest absolute Gasteiger partial charge is 0.284 e.